The van der Waals surface area contributed by atoms with Gasteiger partial charge in [0.15, 0.2) is 0 Å². The van der Waals surface area contributed by atoms with Crippen LogP contribution in [0.15, 0.2) is 158 Å². The number of nitrogens with one attached hydrogen (secondary N) is 1. The minimum atomic E-state index is -0.224. The Morgan fingerprint density at radius 3 is 1.76 bits per heavy atom. The Bertz CT molecular complexity index is 3110. The molecule has 0 aromatic heterocycles. The Balaban J connectivity index is 1.30. The Morgan fingerprint density at radius 2 is 1.10 bits per heavy atom. The first-order chi connectivity index (χ1) is 28.3. The molecule has 8 aromatic carbocycles. The number of hydrogen-bond donors (Lipinski definition) is 1. The molecule has 2 bridgehead atoms. The number of hydrogen-bond acceptors (Lipinski definition) is 1. The minimum Gasteiger partial charge on any atom is -0.382 e. The van der Waals surface area contributed by atoms with Gasteiger partial charge in [-0.05, 0) is 184 Å². The van der Waals surface area contributed by atoms with Gasteiger partial charge in [0, 0.05) is 0 Å². The van der Waals surface area contributed by atoms with Crippen molar-refractivity contribution in [1.82, 2.24) is 5.32 Å². The lowest BCUT2D eigenvalue weighted by Gasteiger charge is -2.40. The SMILES string of the molecule is Cc1cc(C(C)(C)C)cc2cccc(-c3ccc4c(c3)c(-c3ccccc3)cc3c5cc6c(cc5c(-c5ccccc5)cc43)/C3=C/C=C\NC(C)(C(C)(C)C)/C=C/6C3)c12. The first kappa shape index (κ1) is 37.1. The fraction of sp³-hybridized carbons (Fsp3) is 0.207. The molecule has 0 amide bonds. The van der Waals surface area contributed by atoms with E-state index in [1.54, 1.807) is 0 Å². The fourth-order valence-electron chi connectivity index (χ4n) is 9.71. The molecule has 1 aliphatic heterocycles. The molecule has 8 aromatic rings. The minimum absolute atomic E-state index is 0.00404. The van der Waals surface area contributed by atoms with Crippen molar-refractivity contribution in [2.45, 2.75) is 72.8 Å². The van der Waals surface area contributed by atoms with E-state index >= 15 is 0 Å². The molecule has 1 unspecified atom stereocenters. The van der Waals surface area contributed by atoms with Crippen molar-refractivity contribution in [3.05, 3.63) is 180 Å². The second-order valence-electron chi connectivity index (χ2n) is 19.3. The predicted octanol–water partition coefficient (Wildman–Crippen LogP) is 16.0. The van der Waals surface area contributed by atoms with Crippen LogP contribution in [0, 0.1) is 12.3 Å². The lowest BCUT2D eigenvalue weighted by molar-refractivity contribution is 0.229. The van der Waals surface area contributed by atoms with E-state index < -0.39 is 0 Å². The summed E-state index contributed by atoms with van der Waals surface area (Å²) in [4.78, 5) is 0. The molecule has 1 N–H and O–H groups in total. The van der Waals surface area contributed by atoms with Crippen LogP contribution in [-0.4, -0.2) is 5.54 Å². The van der Waals surface area contributed by atoms with Gasteiger partial charge in [-0.1, -0.05) is 157 Å². The summed E-state index contributed by atoms with van der Waals surface area (Å²) >= 11 is 0. The second kappa shape index (κ2) is 13.4. The molecule has 1 heterocycles. The molecule has 0 radical (unpaired) electrons. The van der Waals surface area contributed by atoms with Crippen molar-refractivity contribution in [2.75, 3.05) is 0 Å². The van der Waals surface area contributed by atoms with Crippen LogP contribution in [-0.2, 0) is 5.41 Å². The van der Waals surface area contributed by atoms with Crippen molar-refractivity contribution in [1.29, 1.82) is 0 Å². The summed E-state index contributed by atoms with van der Waals surface area (Å²) in [5, 5.41) is 14.1. The molecule has 10 rings (SSSR count). The maximum atomic E-state index is 3.77. The van der Waals surface area contributed by atoms with Gasteiger partial charge in [0.2, 0.25) is 0 Å². The molecule has 1 heteroatoms. The van der Waals surface area contributed by atoms with E-state index in [4.69, 9.17) is 0 Å². The Morgan fingerprint density at radius 1 is 0.508 bits per heavy atom. The van der Waals surface area contributed by atoms with Gasteiger partial charge in [-0.15, -0.1) is 0 Å². The number of aryl methyl sites for hydroxylation is 1. The predicted molar refractivity (Wildman–Crippen MR) is 257 cm³/mol. The summed E-state index contributed by atoms with van der Waals surface area (Å²) in [6, 6.07) is 50.8. The van der Waals surface area contributed by atoms with E-state index in [-0.39, 0.29) is 16.4 Å². The highest BCUT2D eigenvalue weighted by Crippen LogP contribution is 2.50. The number of allylic oxidation sites excluding steroid dienone is 4. The van der Waals surface area contributed by atoms with Gasteiger partial charge < -0.3 is 5.32 Å². The standard InChI is InChI=1S/C58H53N/c1-36-27-43(56(2,3)4)29-41-21-15-23-44(55(36)41)40-24-25-45-50(30-40)46(37-17-11-9-12-18-37)32-53-51(45)31-47(38-19-13-10-14-20-38)52-33-48-39-22-16-26-59-58(8,57(5,6)7)35-42(28-39)49(48)34-54(52)53/h9-27,29-35,59H,28H2,1-8H3/b26-16-,39-22+,42-35+. The quantitative estimate of drug-likeness (QED) is 0.177. The van der Waals surface area contributed by atoms with E-state index in [0.717, 1.165) is 6.42 Å². The van der Waals surface area contributed by atoms with Crippen LogP contribution in [0.1, 0.15) is 77.1 Å². The van der Waals surface area contributed by atoms with Gasteiger partial charge >= 0.3 is 0 Å². The molecule has 0 saturated carbocycles. The number of benzene rings is 8. The number of fused-ring (bicyclic) bond motifs is 11. The summed E-state index contributed by atoms with van der Waals surface area (Å²) in [5.41, 5.74) is 15.5. The average molecular weight is 764 g/mol. The first-order valence-electron chi connectivity index (χ1n) is 21.3. The molecule has 2 aliphatic rings. The van der Waals surface area contributed by atoms with Crippen LogP contribution >= 0.6 is 0 Å². The second-order valence-corrected chi connectivity index (χ2v) is 19.3. The molecule has 59 heavy (non-hydrogen) atoms. The van der Waals surface area contributed by atoms with Crippen molar-refractivity contribution in [2.24, 2.45) is 5.41 Å². The van der Waals surface area contributed by atoms with E-state index in [9.17, 15) is 0 Å². The topological polar surface area (TPSA) is 12.0 Å². The summed E-state index contributed by atoms with van der Waals surface area (Å²) in [5.74, 6) is 0. The van der Waals surface area contributed by atoms with Gasteiger partial charge in [-0.25, -0.2) is 0 Å². The van der Waals surface area contributed by atoms with Crippen LogP contribution < -0.4 is 5.32 Å². The lowest BCUT2D eigenvalue weighted by atomic mass is 9.73. The van der Waals surface area contributed by atoms with Crippen LogP contribution in [0.5, 0.6) is 0 Å². The smallest absolute Gasteiger partial charge is 0.0576 e. The Hall–Kier alpha value is -6.18. The molecule has 290 valence electrons. The van der Waals surface area contributed by atoms with E-state index in [0.29, 0.717) is 0 Å². The Kier molecular flexibility index (Phi) is 8.45. The lowest BCUT2D eigenvalue weighted by Crippen LogP contribution is -2.48. The molecular formula is C58H53N. The van der Waals surface area contributed by atoms with E-state index in [1.165, 1.54) is 110 Å². The third kappa shape index (κ3) is 6.13. The van der Waals surface area contributed by atoms with Crippen LogP contribution in [0.4, 0.5) is 0 Å². The zero-order valence-corrected chi connectivity index (χ0v) is 35.7. The van der Waals surface area contributed by atoms with Crippen molar-refractivity contribution < 1.29 is 0 Å². The Labute approximate surface area is 349 Å². The van der Waals surface area contributed by atoms with Crippen molar-refractivity contribution >= 4 is 54.2 Å². The normalized spacial score (nSPS) is 19.1. The van der Waals surface area contributed by atoms with Gasteiger partial charge in [-0.2, -0.15) is 0 Å². The van der Waals surface area contributed by atoms with Crippen LogP contribution in [0.3, 0.4) is 0 Å². The molecule has 1 nitrogen and oxygen atoms in total. The van der Waals surface area contributed by atoms with Gasteiger partial charge in [0.1, 0.15) is 0 Å². The summed E-state index contributed by atoms with van der Waals surface area (Å²) in [6.45, 7) is 18.5. The van der Waals surface area contributed by atoms with Gasteiger partial charge in [-0.3, -0.25) is 0 Å². The van der Waals surface area contributed by atoms with Crippen LogP contribution in [0.25, 0.3) is 87.6 Å². The van der Waals surface area contributed by atoms with Crippen LogP contribution in [0.2, 0.25) is 0 Å². The third-order valence-electron chi connectivity index (χ3n) is 13.6. The summed E-state index contributed by atoms with van der Waals surface area (Å²) in [7, 11) is 0. The van der Waals surface area contributed by atoms with E-state index in [2.05, 4.69) is 219 Å². The third-order valence-corrected chi connectivity index (χ3v) is 13.6. The monoisotopic (exact) mass is 763 g/mol. The van der Waals surface area contributed by atoms with Crippen molar-refractivity contribution in [3.63, 3.8) is 0 Å². The zero-order valence-electron chi connectivity index (χ0n) is 35.7. The van der Waals surface area contributed by atoms with Crippen molar-refractivity contribution in [3.8, 4) is 33.4 Å². The highest BCUT2D eigenvalue weighted by molar-refractivity contribution is 6.25. The average Bonchev–Trinajstić information content (AvgIpc) is 3.59. The molecule has 0 fully saturated rings. The van der Waals surface area contributed by atoms with Gasteiger partial charge in [0.05, 0.1) is 5.54 Å². The highest BCUT2D eigenvalue weighted by Gasteiger charge is 2.37. The highest BCUT2D eigenvalue weighted by atomic mass is 15.0. The first-order valence-corrected chi connectivity index (χ1v) is 21.3. The molecule has 0 spiro atoms. The fourth-order valence-corrected chi connectivity index (χ4v) is 9.71. The summed E-state index contributed by atoms with van der Waals surface area (Å²) in [6.07, 6.45) is 10.1. The zero-order chi connectivity index (χ0) is 40.8. The maximum Gasteiger partial charge on any atom is 0.0576 e. The maximum absolute atomic E-state index is 3.77. The van der Waals surface area contributed by atoms with Gasteiger partial charge in [0.25, 0.3) is 0 Å². The summed E-state index contributed by atoms with van der Waals surface area (Å²) < 4.78 is 0. The molecule has 1 atom stereocenters. The van der Waals surface area contributed by atoms with E-state index in [1.807, 2.05) is 0 Å². The molecule has 1 aliphatic carbocycles. The molecular weight excluding hydrogens is 711 g/mol. The number of rotatable bonds is 3. The largest absolute Gasteiger partial charge is 0.382 e. The molecule has 0 saturated heterocycles.